The number of aromatic nitrogens is 3. The van der Waals surface area contributed by atoms with E-state index >= 15 is 0 Å². The molecule has 0 spiro atoms. The standard InChI is InChI=1S/C53H35N3/c1-5-15-36(16-6-1)47-34-49(38-17-7-2-8-18-38)54-48-30-29-37-27-28-44(33-46(37)52(47)48)42-24-13-23-41(31-42)43-25-14-26-45(32-43)51-35-50(39-19-9-3-10-20-39)55-53(56-51)40-21-11-4-12-22-40/h1-35H. The summed E-state index contributed by atoms with van der Waals surface area (Å²) in [7, 11) is 0. The molecule has 0 aliphatic heterocycles. The van der Waals surface area contributed by atoms with Gasteiger partial charge in [-0.2, -0.15) is 0 Å². The lowest BCUT2D eigenvalue weighted by Gasteiger charge is -2.14. The highest BCUT2D eigenvalue weighted by molar-refractivity contribution is 6.14. The number of fused-ring (bicyclic) bond motifs is 3. The van der Waals surface area contributed by atoms with Crippen LogP contribution in [-0.4, -0.2) is 15.0 Å². The zero-order valence-corrected chi connectivity index (χ0v) is 30.5. The maximum absolute atomic E-state index is 5.21. The van der Waals surface area contributed by atoms with Crippen molar-refractivity contribution >= 4 is 21.7 Å². The van der Waals surface area contributed by atoms with E-state index in [4.69, 9.17) is 15.0 Å². The molecule has 0 aliphatic rings. The van der Waals surface area contributed by atoms with Crippen molar-refractivity contribution in [1.82, 2.24) is 15.0 Å². The Morgan fingerprint density at radius 1 is 0.268 bits per heavy atom. The lowest BCUT2D eigenvalue weighted by molar-refractivity contribution is 1.18. The molecule has 0 amide bonds. The minimum absolute atomic E-state index is 0.708. The molecule has 0 radical (unpaired) electrons. The molecule has 10 aromatic rings. The topological polar surface area (TPSA) is 38.7 Å². The summed E-state index contributed by atoms with van der Waals surface area (Å²) in [6, 6.07) is 74.6. The number of rotatable bonds is 7. The third-order valence-electron chi connectivity index (χ3n) is 10.5. The summed E-state index contributed by atoms with van der Waals surface area (Å²) < 4.78 is 0. The second-order valence-corrected chi connectivity index (χ2v) is 14.0. The molecule has 0 saturated carbocycles. The highest BCUT2D eigenvalue weighted by Crippen LogP contribution is 2.39. The highest BCUT2D eigenvalue weighted by atomic mass is 14.9. The Kier molecular flexibility index (Phi) is 8.51. The molecule has 10 rings (SSSR count). The van der Waals surface area contributed by atoms with E-state index < -0.39 is 0 Å². The van der Waals surface area contributed by atoms with Gasteiger partial charge in [-0.15, -0.1) is 0 Å². The monoisotopic (exact) mass is 713 g/mol. The molecule has 0 unspecified atom stereocenters. The minimum atomic E-state index is 0.708. The van der Waals surface area contributed by atoms with Crippen molar-refractivity contribution in [1.29, 1.82) is 0 Å². The summed E-state index contributed by atoms with van der Waals surface area (Å²) in [5, 5.41) is 3.53. The Labute approximate surface area is 326 Å². The van der Waals surface area contributed by atoms with Crippen molar-refractivity contribution in [3.05, 3.63) is 212 Å². The fourth-order valence-corrected chi connectivity index (χ4v) is 7.64. The summed E-state index contributed by atoms with van der Waals surface area (Å²) in [6.07, 6.45) is 0. The Bertz CT molecular complexity index is 2940. The highest BCUT2D eigenvalue weighted by Gasteiger charge is 2.15. The van der Waals surface area contributed by atoms with E-state index in [2.05, 4.69) is 170 Å². The summed E-state index contributed by atoms with van der Waals surface area (Å²) in [5.74, 6) is 0.708. The summed E-state index contributed by atoms with van der Waals surface area (Å²) in [6.45, 7) is 0. The Hall–Kier alpha value is -7.49. The molecule has 56 heavy (non-hydrogen) atoms. The van der Waals surface area contributed by atoms with Crippen molar-refractivity contribution in [3.63, 3.8) is 0 Å². The fourth-order valence-electron chi connectivity index (χ4n) is 7.64. The maximum atomic E-state index is 5.21. The van der Waals surface area contributed by atoms with Gasteiger partial charge in [-0.05, 0) is 80.6 Å². The molecule has 2 aromatic heterocycles. The summed E-state index contributed by atoms with van der Waals surface area (Å²) >= 11 is 0. The van der Waals surface area contributed by atoms with Crippen LogP contribution in [-0.2, 0) is 0 Å². The predicted octanol–water partition coefficient (Wildman–Crippen LogP) is 13.8. The first-order valence-electron chi connectivity index (χ1n) is 18.9. The normalized spacial score (nSPS) is 11.2. The number of hydrogen-bond acceptors (Lipinski definition) is 3. The van der Waals surface area contributed by atoms with Crippen LogP contribution in [0.1, 0.15) is 0 Å². The Morgan fingerprint density at radius 3 is 1.32 bits per heavy atom. The summed E-state index contributed by atoms with van der Waals surface area (Å²) in [4.78, 5) is 15.3. The van der Waals surface area contributed by atoms with Crippen LogP contribution in [0.15, 0.2) is 212 Å². The van der Waals surface area contributed by atoms with E-state index in [1.165, 1.54) is 21.9 Å². The van der Waals surface area contributed by atoms with E-state index in [1.807, 2.05) is 42.5 Å². The molecule has 0 fully saturated rings. The molecule has 262 valence electrons. The molecule has 0 N–H and O–H groups in total. The minimum Gasteiger partial charge on any atom is -0.248 e. The van der Waals surface area contributed by atoms with Crippen molar-refractivity contribution in [2.24, 2.45) is 0 Å². The first-order chi connectivity index (χ1) is 27.7. The number of benzene rings is 8. The van der Waals surface area contributed by atoms with Gasteiger partial charge in [0.2, 0.25) is 0 Å². The number of nitrogens with zero attached hydrogens (tertiary/aromatic N) is 3. The number of hydrogen-bond donors (Lipinski definition) is 0. The largest absolute Gasteiger partial charge is 0.248 e. The molecular formula is C53H35N3. The lowest BCUT2D eigenvalue weighted by Crippen LogP contribution is -1.96. The predicted molar refractivity (Wildman–Crippen MR) is 233 cm³/mol. The van der Waals surface area contributed by atoms with Gasteiger partial charge in [0.05, 0.1) is 22.6 Å². The third-order valence-corrected chi connectivity index (χ3v) is 10.5. The second kappa shape index (κ2) is 14.4. The first kappa shape index (κ1) is 33.1. The van der Waals surface area contributed by atoms with Crippen LogP contribution in [0.5, 0.6) is 0 Å². The van der Waals surface area contributed by atoms with E-state index in [0.717, 1.165) is 72.5 Å². The Balaban J connectivity index is 1.07. The molecule has 8 aromatic carbocycles. The molecule has 2 heterocycles. The van der Waals surface area contributed by atoms with E-state index in [1.54, 1.807) is 0 Å². The van der Waals surface area contributed by atoms with Crippen LogP contribution in [0.3, 0.4) is 0 Å². The molecule has 3 nitrogen and oxygen atoms in total. The molecule has 0 bridgehead atoms. The van der Waals surface area contributed by atoms with Gasteiger partial charge >= 0.3 is 0 Å². The molecule has 0 aliphatic carbocycles. The number of pyridine rings is 1. The smallest absolute Gasteiger partial charge is 0.160 e. The average Bonchev–Trinajstić information content (AvgIpc) is 3.29. The van der Waals surface area contributed by atoms with Crippen LogP contribution in [0.2, 0.25) is 0 Å². The van der Waals surface area contributed by atoms with Crippen LogP contribution in [0, 0.1) is 0 Å². The van der Waals surface area contributed by atoms with Crippen LogP contribution in [0.4, 0.5) is 0 Å². The van der Waals surface area contributed by atoms with Gasteiger partial charge in [0.15, 0.2) is 5.82 Å². The SMILES string of the molecule is c1ccc(-c2cc(-c3cccc(-c4cccc(-c5ccc6ccc7nc(-c8ccccc8)cc(-c8ccccc8)c7c6c5)c4)c3)nc(-c3ccccc3)n2)cc1. The van der Waals surface area contributed by atoms with Crippen LogP contribution in [0.25, 0.3) is 100 Å². The van der Waals surface area contributed by atoms with Crippen molar-refractivity contribution in [2.45, 2.75) is 0 Å². The zero-order valence-electron chi connectivity index (χ0n) is 30.5. The summed E-state index contributed by atoms with van der Waals surface area (Å²) in [5.41, 5.74) is 14.9. The fraction of sp³-hybridized carbons (Fsp3) is 0. The maximum Gasteiger partial charge on any atom is 0.160 e. The van der Waals surface area contributed by atoms with Crippen molar-refractivity contribution in [3.8, 4) is 78.5 Å². The van der Waals surface area contributed by atoms with Gasteiger partial charge in [-0.1, -0.05) is 176 Å². The third kappa shape index (κ3) is 6.42. The Morgan fingerprint density at radius 2 is 0.714 bits per heavy atom. The van der Waals surface area contributed by atoms with Crippen LogP contribution >= 0.6 is 0 Å². The molecule has 0 atom stereocenters. The van der Waals surface area contributed by atoms with E-state index in [9.17, 15) is 0 Å². The molecular weight excluding hydrogens is 679 g/mol. The van der Waals surface area contributed by atoms with E-state index in [0.29, 0.717) is 5.82 Å². The first-order valence-corrected chi connectivity index (χ1v) is 18.9. The van der Waals surface area contributed by atoms with Gasteiger partial charge in [0.25, 0.3) is 0 Å². The average molecular weight is 714 g/mol. The lowest BCUT2D eigenvalue weighted by atomic mass is 9.92. The van der Waals surface area contributed by atoms with Crippen molar-refractivity contribution < 1.29 is 0 Å². The van der Waals surface area contributed by atoms with Gasteiger partial charge in [0.1, 0.15) is 0 Å². The quantitative estimate of drug-likeness (QED) is 0.154. The van der Waals surface area contributed by atoms with Gasteiger partial charge in [0, 0.05) is 27.6 Å². The van der Waals surface area contributed by atoms with Crippen LogP contribution < -0.4 is 0 Å². The molecule has 3 heteroatoms. The molecule has 0 saturated heterocycles. The second-order valence-electron chi connectivity index (χ2n) is 14.0. The van der Waals surface area contributed by atoms with Crippen molar-refractivity contribution in [2.75, 3.05) is 0 Å². The zero-order chi connectivity index (χ0) is 37.3. The van der Waals surface area contributed by atoms with Gasteiger partial charge in [-0.3, -0.25) is 0 Å². The van der Waals surface area contributed by atoms with Gasteiger partial charge in [-0.25, -0.2) is 15.0 Å². The van der Waals surface area contributed by atoms with Gasteiger partial charge < -0.3 is 0 Å². The van der Waals surface area contributed by atoms with E-state index in [-0.39, 0.29) is 0 Å².